The first-order valence-electron chi connectivity index (χ1n) is 8.70. The minimum atomic E-state index is -0.268. The van der Waals surface area contributed by atoms with E-state index in [-0.39, 0.29) is 5.82 Å². The van der Waals surface area contributed by atoms with Crippen LogP contribution in [0.25, 0.3) is 11.0 Å². The van der Waals surface area contributed by atoms with Gasteiger partial charge in [-0.2, -0.15) is 0 Å². The highest BCUT2D eigenvalue weighted by Crippen LogP contribution is 2.21. The Balaban J connectivity index is 1.37. The third-order valence-electron chi connectivity index (χ3n) is 5.01. The van der Waals surface area contributed by atoms with Crippen LogP contribution in [-0.2, 0) is 6.54 Å². The van der Waals surface area contributed by atoms with Crippen LogP contribution in [-0.4, -0.2) is 50.9 Å². The maximum atomic E-state index is 13.8. The predicted molar refractivity (Wildman–Crippen MR) is 95.6 cm³/mol. The molecule has 0 spiro atoms. The van der Waals surface area contributed by atoms with Crippen LogP contribution in [0.15, 0.2) is 42.7 Å². The number of benzene rings is 1. The number of rotatable bonds is 4. The van der Waals surface area contributed by atoms with Crippen molar-refractivity contribution in [1.82, 2.24) is 24.8 Å². The van der Waals surface area contributed by atoms with Gasteiger partial charge >= 0.3 is 0 Å². The molecule has 1 aliphatic heterocycles. The second-order valence-electron chi connectivity index (χ2n) is 6.59. The van der Waals surface area contributed by atoms with Crippen LogP contribution in [0, 0.1) is 5.82 Å². The summed E-state index contributed by atoms with van der Waals surface area (Å²) < 4.78 is 13.8. The highest BCUT2D eigenvalue weighted by Gasteiger charge is 2.22. The molecule has 25 heavy (non-hydrogen) atoms. The summed E-state index contributed by atoms with van der Waals surface area (Å²) in [7, 11) is 0. The van der Waals surface area contributed by atoms with Gasteiger partial charge in [-0.05, 0) is 30.7 Å². The Morgan fingerprint density at radius 3 is 2.72 bits per heavy atom. The third kappa shape index (κ3) is 3.41. The quantitative estimate of drug-likeness (QED) is 0.794. The number of halogens is 1. The lowest BCUT2D eigenvalue weighted by molar-refractivity contribution is 0.0963. The summed E-state index contributed by atoms with van der Waals surface area (Å²) in [6, 6.07) is 9.51. The zero-order valence-corrected chi connectivity index (χ0v) is 14.3. The summed E-state index contributed by atoms with van der Waals surface area (Å²) in [5.74, 6) is 0.559. The number of imidazole rings is 1. The van der Waals surface area contributed by atoms with E-state index in [1.54, 1.807) is 6.07 Å². The van der Waals surface area contributed by atoms with E-state index in [2.05, 4.69) is 37.7 Å². The molecule has 0 amide bonds. The Labute approximate surface area is 146 Å². The fourth-order valence-electron chi connectivity index (χ4n) is 3.48. The minimum Gasteiger partial charge on any atom is -0.341 e. The molecule has 1 saturated heterocycles. The molecule has 0 saturated carbocycles. The molecule has 0 radical (unpaired) electrons. The fourth-order valence-corrected chi connectivity index (χ4v) is 3.48. The smallest absolute Gasteiger partial charge is 0.151 e. The van der Waals surface area contributed by atoms with Gasteiger partial charge in [-0.15, -0.1) is 0 Å². The van der Waals surface area contributed by atoms with Crippen LogP contribution >= 0.6 is 0 Å². The summed E-state index contributed by atoms with van der Waals surface area (Å²) in [5.41, 5.74) is 2.45. The number of aromatic amines is 1. The van der Waals surface area contributed by atoms with Crippen molar-refractivity contribution >= 4 is 11.0 Å². The average Bonchev–Trinajstić information content (AvgIpc) is 3.06. The van der Waals surface area contributed by atoms with Crippen molar-refractivity contribution in [3.05, 3.63) is 59.9 Å². The first kappa shape index (κ1) is 16.2. The number of fused-ring (bicyclic) bond motifs is 1. The van der Waals surface area contributed by atoms with E-state index in [1.807, 2.05) is 24.5 Å². The average molecular weight is 339 g/mol. The summed E-state index contributed by atoms with van der Waals surface area (Å²) in [6.07, 6.45) is 3.75. The van der Waals surface area contributed by atoms with E-state index in [1.165, 1.54) is 11.6 Å². The zero-order chi connectivity index (χ0) is 17.2. The van der Waals surface area contributed by atoms with Crippen LogP contribution in [0.3, 0.4) is 0 Å². The molecule has 1 aromatic carbocycles. The Bertz CT molecular complexity index is 839. The molecule has 3 aromatic rings. The molecular weight excluding hydrogens is 317 g/mol. The van der Waals surface area contributed by atoms with Crippen molar-refractivity contribution in [2.75, 3.05) is 26.2 Å². The van der Waals surface area contributed by atoms with Gasteiger partial charge in [-0.3, -0.25) is 14.8 Å². The minimum absolute atomic E-state index is 0.268. The molecule has 0 bridgehead atoms. The number of para-hydroxylation sites is 1. The lowest BCUT2D eigenvalue weighted by Gasteiger charge is -2.37. The molecule has 5 nitrogen and oxygen atoms in total. The highest BCUT2D eigenvalue weighted by atomic mass is 19.1. The third-order valence-corrected chi connectivity index (χ3v) is 5.01. The maximum Gasteiger partial charge on any atom is 0.151 e. The van der Waals surface area contributed by atoms with Crippen LogP contribution in [0.2, 0.25) is 0 Å². The van der Waals surface area contributed by atoms with Gasteiger partial charge in [0.25, 0.3) is 0 Å². The van der Waals surface area contributed by atoms with Crippen molar-refractivity contribution in [2.45, 2.75) is 19.5 Å². The predicted octanol–water partition coefficient (Wildman–Crippen LogP) is 2.98. The number of hydrogen-bond donors (Lipinski definition) is 1. The van der Waals surface area contributed by atoms with Crippen molar-refractivity contribution < 1.29 is 4.39 Å². The van der Waals surface area contributed by atoms with Gasteiger partial charge in [0.15, 0.2) is 5.82 Å². The molecule has 4 rings (SSSR count). The van der Waals surface area contributed by atoms with E-state index in [0.29, 0.717) is 11.6 Å². The van der Waals surface area contributed by atoms with Crippen LogP contribution < -0.4 is 0 Å². The number of nitrogens with one attached hydrogen (secondary N) is 1. The molecule has 6 heteroatoms. The summed E-state index contributed by atoms with van der Waals surface area (Å²) in [4.78, 5) is 16.7. The number of aromatic nitrogens is 3. The number of pyridine rings is 1. The van der Waals surface area contributed by atoms with Gasteiger partial charge in [0, 0.05) is 44.6 Å². The van der Waals surface area contributed by atoms with Crippen molar-refractivity contribution in [1.29, 1.82) is 0 Å². The molecule has 130 valence electrons. The first-order valence-corrected chi connectivity index (χ1v) is 8.70. The first-order chi connectivity index (χ1) is 12.2. The monoisotopic (exact) mass is 339 g/mol. The fraction of sp³-hybridized carbons (Fsp3) is 0.368. The number of nitrogens with zero attached hydrogens (tertiary/aromatic N) is 4. The molecule has 3 heterocycles. The SMILES string of the molecule is C[C@H](c1cccnc1)N1CCN(Cc2nc3c(F)cccc3[nH]2)CC1. The van der Waals surface area contributed by atoms with Crippen molar-refractivity contribution in [2.24, 2.45) is 0 Å². The lowest BCUT2D eigenvalue weighted by Crippen LogP contribution is -2.46. The van der Waals surface area contributed by atoms with Gasteiger partial charge in [-0.25, -0.2) is 9.37 Å². The zero-order valence-electron chi connectivity index (χ0n) is 14.3. The Morgan fingerprint density at radius 1 is 1.16 bits per heavy atom. The van der Waals surface area contributed by atoms with E-state index in [0.717, 1.165) is 44.1 Å². The second-order valence-corrected chi connectivity index (χ2v) is 6.59. The highest BCUT2D eigenvalue weighted by molar-refractivity contribution is 5.75. The molecule has 1 N–H and O–H groups in total. The van der Waals surface area contributed by atoms with Crippen molar-refractivity contribution in [3.63, 3.8) is 0 Å². The summed E-state index contributed by atoms with van der Waals surface area (Å²) in [5, 5.41) is 0. The number of piperazine rings is 1. The Hall–Kier alpha value is -2.31. The molecule has 0 aliphatic carbocycles. The van der Waals surface area contributed by atoms with Crippen LogP contribution in [0.5, 0.6) is 0 Å². The maximum absolute atomic E-state index is 13.8. The van der Waals surface area contributed by atoms with Crippen molar-refractivity contribution in [3.8, 4) is 0 Å². The summed E-state index contributed by atoms with van der Waals surface area (Å²) in [6.45, 7) is 6.92. The van der Waals surface area contributed by atoms with E-state index in [9.17, 15) is 4.39 Å². The topological polar surface area (TPSA) is 48.1 Å². The molecule has 2 aromatic heterocycles. The number of hydrogen-bond acceptors (Lipinski definition) is 4. The molecule has 1 atom stereocenters. The number of H-pyrrole nitrogens is 1. The van der Waals surface area contributed by atoms with E-state index in [4.69, 9.17) is 0 Å². The largest absolute Gasteiger partial charge is 0.341 e. The van der Waals surface area contributed by atoms with Gasteiger partial charge in [0.2, 0.25) is 0 Å². The molecule has 0 unspecified atom stereocenters. The molecule has 1 aliphatic rings. The summed E-state index contributed by atoms with van der Waals surface area (Å²) >= 11 is 0. The van der Waals surface area contributed by atoms with Gasteiger partial charge in [-0.1, -0.05) is 12.1 Å². The molecular formula is C19H22FN5. The van der Waals surface area contributed by atoms with Crippen LogP contribution in [0.1, 0.15) is 24.4 Å². The Kier molecular flexibility index (Phi) is 4.46. The molecule has 1 fully saturated rings. The Morgan fingerprint density at radius 2 is 2.00 bits per heavy atom. The van der Waals surface area contributed by atoms with Crippen LogP contribution in [0.4, 0.5) is 4.39 Å². The van der Waals surface area contributed by atoms with Gasteiger partial charge in [0.1, 0.15) is 11.3 Å². The van der Waals surface area contributed by atoms with Gasteiger partial charge in [0.05, 0.1) is 12.1 Å². The lowest BCUT2D eigenvalue weighted by atomic mass is 10.1. The van der Waals surface area contributed by atoms with E-state index < -0.39 is 0 Å². The normalized spacial score (nSPS) is 17.8. The standard InChI is InChI=1S/C19H22FN5/c1-14(15-4-3-7-21-12-15)25-10-8-24(9-11-25)13-18-22-17-6-2-5-16(20)19(17)23-18/h2-7,12,14H,8-11,13H2,1H3,(H,22,23)/t14-/m1/s1. The second kappa shape index (κ2) is 6.90. The van der Waals surface area contributed by atoms with E-state index >= 15 is 0 Å². The van der Waals surface area contributed by atoms with Gasteiger partial charge < -0.3 is 4.98 Å².